The van der Waals surface area contributed by atoms with Gasteiger partial charge in [-0.2, -0.15) is 0 Å². The fourth-order valence-electron chi connectivity index (χ4n) is 0.303. The second kappa shape index (κ2) is 5.45. The minimum absolute atomic E-state index is 0.417. The van der Waals surface area contributed by atoms with Gasteiger partial charge in [0.15, 0.2) is 6.29 Å². The molecule has 1 rings (SSSR count). The standard InChI is InChI=1S/C4H2O3.C3H8O2/c5-3-1-2-4(6)7-3;1-2-3(4)5/h1-2H;3-5H,2H2,1H3. The van der Waals surface area contributed by atoms with Crippen molar-refractivity contribution in [3.63, 3.8) is 0 Å². The molecule has 1 aliphatic rings. The van der Waals surface area contributed by atoms with E-state index >= 15 is 0 Å². The van der Waals surface area contributed by atoms with E-state index in [0.717, 1.165) is 12.2 Å². The third-order valence-corrected chi connectivity index (χ3v) is 0.922. The second-order valence-corrected chi connectivity index (χ2v) is 1.96. The van der Waals surface area contributed by atoms with Gasteiger partial charge in [0.25, 0.3) is 0 Å². The van der Waals surface area contributed by atoms with E-state index < -0.39 is 18.2 Å². The van der Waals surface area contributed by atoms with Crippen LogP contribution in [0, 0.1) is 0 Å². The van der Waals surface area contributed by atoms with Crippen molar-refractivity contribution in [2.24, 2.45) is 0 Å². The maximum absolute atomic E-state index is 9.92. The van der Waals surface area contributed by atoms with Crippen molar-refractivity contribution in [3.8, 4) is 0 Å². The van der Waals surface area contributed by atoms with Gasteiger partial charge >= 0.3 is 11.9 Å². The van der Waals surface area contributed by atoms with E-state index in [-0.39, 0.29) is 0 Å². The molecule has 5 nitrogen and oxygen atoms in total. The number of rotatable bonds is 1. The highest BCUT2D eigenvalue weighted by Crippen LogP contribution is 1.92. The number of carbonyl (C=O) groups excluding carboxylic acids is 2. The van der Waals surface area contributed by atoms with Crippen molar-refractivity contribution in [2.75, 3.05) is 0 Å². The third kappa shape index (κ3) is 5.57. The van der Waals surface area contributed by atoms with Crippen LogP contribution in [0.2, 0.25) is 0 Å². The molecule has 68 valence electrons. The Morgan fingerprint density at radius 1 is 1.33 bits per heavy atom. The summed E-state index contributed by atoms with van der Waals surface area (Å²) in [6, 6.07) is 0. The Balaban J connectivity index is 0.000000217. The number of hydrogen-bond acceptors (Lipinski definition) is 5. The van der Waals surface area contributed by atoms with Crippen LogP contribution in [-0.2, 0) is 14.3 Å². The molecule has 0 unspecified atom stereocenters. The van der Waals surface area contributed by atoms with Crippen molar-refractivity contribution >= 4 is 11.9 Å². The van der Waals surface area contributed by atoms with Crippen LogP contribution in [-0.4, -0.2) is 28.4 Å². The number of aliphatic hydroxyl groups excluding tert-OH is 1. The molecule has 0 aromatic rings. The zero-order valence-electron chi connectivity index (χ0n) is 6.56. The fraction of sp³-hybridized carbons (Fsp3) is 0.429. The maximum Gasteiger partial charge on any atom is 0.338 e. The van der Waals surface area contributed by atoms with Gasteiger partial charge in [0, 0.05) is 12.2 Å². The molecule has 0 amide bonds. The summed E-state index contributed by atoms with van der Waals surface area (Å²) >= 11 is 0. The largest absolute Gasteiger partial charge is 0.387 e. The van der Waals surface area contributed by atoms with E-state index in [1.165, 1.54) is 0 Å². The first kappa shape index (κ1) is 10.8. The van der Waals surface area contributed by atoms with Gasteiger partial charge in [0.1, 0.15) is 0 Å². The molecule has 0 saturated carbocycles. The van der Waals surface area contributed by atoms with Crippen LogP contribution in [0.25, 0.3) is 0 Å². The topological polar surface area (TPSA) is 83.8 Å². The van der Waals surface area contributed by atoms with Crippen LogP contribution in [0.5, 0.6) is 0 Å². The molecule has 0 aromatic heterocycles. The summed E-state index contributed by atoms with van der Waals surface area (Å²) in [6.45, 7) is 1.70. The number of cyclic esters (lactones) is 2. The minimum Gasteiger partial charge on any atom is -0.387 e. The number of ether oxygens (including phenoxy) is 1. The Labute approximate surface area is 69.3 Å². The molecule has 0 spiro atoms. The Hall–Kier alpha value is -1.20. The van der Waals surface area contributed by atoms with Gasteiger partial charge in [-0.1, -0.05) is 6.92 Å². The molecule has 12 heavy (non-hydrogen) atoms. The van der Waals surface area contributed by atoms with Gasteiger partial charge < -0.3 is 14.9 Å². The molecule has 1 aliphatic heterocycles. The Morgan fingerprint density at radius 3 is 1.75 bits per heavy atom. The van der Waals surface area contributed by atoms with E-state index in [9.17, 15) is 9.59 Å². The summed E-state index contributed by atoms with van der Waals surface area (Å²) in [4.78, 5) is 19.8. The highest BCUT2D eigenvalue weighted by atomic mass is 16.6. The molecule has 0 saturated heterocycles. The Morgan fingerprint density at radius 2 is 1.67 bits per heavy atom. The van der Waals surface area contributed by atoms with Crippen LogP contribution in [0.1, 0.15) is 13.3 Å². The monoisotopic (exact) mass is 174 g/mol. The molecule has 2 N–H and O–H groups in total. The molecule has 5 heteroatoms. The van der Waals surface area contributed by atoms with Gasteiger partial charge in [-0.05, 0) is 6.42 Å². The number of esters is 2. The van der Waals surface area contributed by atoms with Crippen molar-refractivity contribution < 1.29 is 24.5 Å². The van der Waals surface area contributed by atoms with Gasteiger partial charge in [0.05, 0.1) is 0 Å². The first-order valence-corrected chi connectivity index (χ1v) is 3.36. The predicted octanol–water partition coefficient (Wildman–Crippen LogP) is -0.667. The average Bonchev–Trinajstić information content (AvgIpc) is 2.36. The van der Waals surface area contributed by atoms with Gasteiger partial charge in [-0.25, -0.2) is 9.59 Å². The lowest BCUT2D eigenvalue weighted by Gasteiger charge is -1.90. The van der Waals surface area contributed by atoms with Gasteiger partial charge in [0.2, 0.25) is 0 Å². The van der Waals surface area contributed by atoms with E-state index in [1.54, 1.807) is 6.92 Å². The van der Waals surface area contributed by atoms with E-state index in [2.05, 4.69) is 4.74 Å². The van der Waals surface area contributed by atoms with E-state index in [0.29, 0.717) is 6.42 Å². The molecule has 0 aromatic carbocycles. The summed E-state index contributed by atoms with van der Waals surface area (Å²) in [7, 11) is 0. The van der Waals surface area contributed by atoms with Crippen molar-refractivity contribution in [1.29, 1.82) is 0 Å². The Bertz CT molecular complexity index is 178. The molecule has 0 aliphatic carbocycles. The predicted molar refractivity (Wildman–Crippen MR) is 38.8 cm³/mol. The van der Waals surface area contributed by atoms with Crippen molar-refractivity contribution in [2.45, 2.75) is 19.6 Å². The highest BCUT2D eigenvalue weighted by molar-refractivity contribution is 6.04. The SMILES string of the molecule is CCC(O)O.O=C1C=CC(=O)O1. The molecule has 1 heterocycles. The Kier molecular flexibility index (Phi) is 4.91. The van der Waals surface area contributed by atoms with Gasteiger partial charge in [-0.15, -0.1) is 0 Å². The maximum atomic E-state index is 9.92. The van der Waals surface area contributed by atoms with E-state index in [4.69, 9.17) is 10.2 Å². The van der Waals surface area contributed by atoms with Crippen LogP contribution < -0.4 is 0 Å². The minimum atomic E-state index is -1.12. The lowest BCUT2D eigenvalue weighted by Crippen LogP contribution is -1.99. The zero-order chi connectivity index (χ0) is 9.56. The van der Waals surface area contributed by atoms with Gasteiger partial charge in [-0.3, -0.25) is 0 Å². The van der Waals surface area contributed by atoms with E-state index in [1.807, 2.05) is 0 Å². The van der Waals surface area contributed by atoms with Crippen LogP contribution in [0.3, 0.4) is 0 Å². The summed E-state index contributed by atoms with van der Waals surface area (Å²) in [5.74, 6) is -1.16. The summed E-state index contributed by atoms with van der Waals surface area (Å²) in [5.41, 5.74) is 0. The fourth-order valence-corrected chi connectivity index (χ4v) is 0.303. The normalized spacial score (nSPS) is 14.3. The summed E-state index contributed by atoms with van der Waals surface area (Å²) < 4.78 is 3.97. The lowest BCUT2D eigenvalue weighted by molar-refractivity contribution is -0.150. The number of hydrogen-bond donors (Lipinski definition) is 2. The molecule has 0 radical (unpaired) electrons. The molecular formula is C7H10O5. The molecule has 0 atom stereocenters. The third-order valence-electron chi connectivity index (χ3n) is 0.922. The van der Waals surface area contributed by atoms with Crippen molar-refractivity contribution in [3.05, 3.63) is 12.2 Å². The molecule has 0 fully saturated rings. The smallest absolute Gasteiger partial charge is 0.338 e. The zero-order valence-corrected chi connectivity index (χ0v) is 6.56. The highest BCUT2D eigenvalue weighted by Gasteiger charge is 2.10. The van der Waals surface area contributed by atoms with Crippen molar-refractivity contribution in [1.82, 2.24) is 0 Å². The van der Waals surface area contributed by atoms with Crippen LogP contribution >= 0.6 is 0 Å². The second-order valence-electron chi connectivity index (χ2n) is 1.96. The quantitative estimate of drug-likeness (QED) is 0.313. The summed E-state index contributed by atoms with van der Waals surface area (Å²) in [6.07, 6.45) is 1.47. The molecular weight excluding hydrogens is 164 g/mol. The van der Waals surface area contributed by atoms with Crippen LogP contribution in [0.4, 0.5) is 0 Å². The first-order chi connectivity index (χ1) is 5.56. The average molecular weight is 174 g/mol. The lowest BCUT2D eigenvalue weighted by atomic mass is 10.5. The summed E-state index contributed by atoms with van der Waals surface area (Å²) in [5, 5.41) is 15.8. The van der Waals surface area contributed by atoms with Crippen LogP contribution in [0.15, 0.2) is 12.2 Å². The number of carbonyl (C=O) groups is 2. The molecule has 0 bridgehead atoms. The first-order valence-electron chi connectivity index (χ1n) is 3.36. The number of aliphatic hydroxyl groups is 2.